The average molecular weight is 540 g/mol. The normalized spacial score (nSPS) is 15.3. The molecule has 0 radical (unpaired) electrons. The van der Waals surface area contributed by atoms with Crippen molar-refractivity contribution in [1.29, 1.82) is 0 Å². The number of nitrogens with zero attached hydrogens (tertiary/aromatic N) is 2. The number of guanidine groups is 1. The zero-order valence-electron chi connectivity index (χ0n) is 18.0. The van der Waals surface area contributed by atoms with Crippen molar-refractivity contribution in [3.8, 4) is 11.5 Å². The standard InChI is InChI=1S/C21H34F2N4O2.HI/c1-24-21(25-11-7-15-27-13-5-3-4-6-14-27)26-12-10-17-8-9-18(28-2)19(16-17)29-20(22)23;/h8-9,16,20H,3-7,10-15H2,1-2H3,(H2,24,25,26);1H. The average Bonchev–Trinajstić information content (AvgIpc) is 2.98. The molecule has 0 aromatic heterocycles. The highest BCUT2D eigenvalue weighted by molar-refractivity contribution is 14.0. The summed E-state index contributed by atoms with van der Waals surface area (Å²) in [5, 5.41) is 6.60. The topological polar surface area (TPSA) is 58.1 Å². The van der Waals surface area contributed by atoms with Crippen molar-refractivity contribution in [3.05, 3.63) is 23.8 Å². The SMILES string of the molecule is CN=C(NCCCN1CCCCCC1)NCCc1ccc(OC)c(OC(F)F)c1.I. The monoisotopic (exact) mass is 540 g/mol. The summed E-state index contributed by atoms with van der Waals surface area (Å²) in [4.78, 5) is 6.79. The lowest BCUT2D eigenvalue weighted by molar-refractivity contribution is -0.0512. The summed E-state index contributed by atoms with van der Waals surface area (Å²) in [6.45, 7) is 2.16. The van der Waals surface area contributed by atoms with Gasteiger partial charge < -0.3 is 25.0 Å². The molecular formula is C21H35F2IN4O2. The van der Waals surface area contributed by atoms with Gasteiger partial charge in [-0.25, -0.2) is 0 Å². The van der Waals surface area contributed by atoms with Crippen LogP contribution in [0.4, 0.5) is 8.78 Å². The second-order valence-electron chi connectivity index (χ2n) is 7.15. The van der Waals surface area contributed by atoms with Gasteiger partial charge in [-0.2, -0.15) is 8.78 Å². The maximum Gasteiger partial charge on any atom is 0.387 e. The fourth-order valence-corrected chi connectivity index (χ4v) is 3.48. The quantitative estimate of drug-likeness (QED) is 0.204. The Bertz CT molecular complexity index is 627. The molecule has 1 saturated heterocycles. The van der Waals surface area contributed by atoms with E-state index in [2.05, 4.69) is 25.3 Å². The minimum absolute atomic E-state index is 0. The van der Waals surface area contributed by atoms with E-state index >= 15 is 0 Å². The third kappa shape index (κ3) is 10.1. The molecule has 0 atom stereocenters. The summed E-state index contributed by atoms with van der Waals surface area (Å²) in [7, 11) is 3.17. The largest absolute Gasteiger partial charge is 0.493 e. The van der Waals surface area contributed by atoms with Crippen LogP contribution in [0.2, 0.25) is 0 Å². The summed E-state index contributed by atoms with van der Waals surface area (Å²) in [5.41, 5.74) is 0.880. The first-order valence-corrected chi connectivity index (χ1v) is 10.4. The molecule has 1 fully saturated rings. The molecule has 0 spiro atoms. The Hall–Kier alpha value is -1.36. The number of nitrogens with one attached hydrogen (secondary N) is 2. The van der Waals surface area contributed by atoms with E-state index < -0.39 is 6.61 Å². The zero-order valence-corrected chi connectivity index (χ0v) is 20.3. The summed E-state index contributed by atoms with van der Waals surface area (Å²) >= 11 is 0. The van der Waals surface area contributed by atoms with Crippen molar-refractivity contribution in [2.45, 2.75) is 45.1 Å². The van der Waals surface area contributed by atoms with Gasteiger partial charge in [0.25, 0.3) is 0 Å². The summed E-state index contributed by atoms with van der Waals surface area (Å²) in [6, 6.07) is 5.07. The molecule has 0 amide bonds. The molecule has 30 heavy (non-hydrogen) atoms. The molecule has 6 nitrogen and oxygen atoms in total. The van der Waals surface area contributed by atoms with Crippen LogP contribution in [0.1, 0.15) is 37.7 Å². The second-order valence-corrected chi connectivity index (χ2v) is 7.15. The number of aliphatic imine (C=N–C) groups is 1. The van der Waals surface area contributed by atoms with E-state index in [1.807, 2.05) is 6.07 Å². The molecule has 0 unspecified atom stereocenters. The zero-order chi connectivity index (χ0) is 20.9. The fraction of sp³-hybridized carbons (Fsp3) is 0.667. The molecule has 1 aliphatic rings. The van der Waals surface area contributed by atoms with Crippen LogP contribution in [0, 0.1) is 0 Å². The minimum atomic E-state index is -2.88. The van der Waals surface area contributed by atoms with Crippen molar-refractivity contribution < 1.29 is 18.3 Å². The molecule has 0 saturated carbocycles. The van der Waals surface area contributed by atoms with E-state index in [1.54, 1.807) is 19.2 Å². The number of hydrogen-bond acceptors (Lipinski definition) is 4. The van der Waals surface area contributed by atoms with E-state index in [9.17, 15) is 8.78 Å². The van der Waals surface area contributed by atoms with Gasteiger partial charge in [-0.3, -0.25) is 4.99 Å². The van der Waals surface area contributed by atoms with E-state index in [1.165, 1.54) is 45.9 Å². The van der Waals surface area contributed by atoms with Crippen molar-refractivity contribution in [3.63, 3.8) is 0 Å². The number of halogens is 3. The van der Waals surface area contributed by atoms with Crippen molar-refractivity contribution in [2.24, 2.45) is 4.99 Å². The first kappa shape index (κ1) is 26.7. The van der Waals surface area contributed by atoms with Gasteiger partial charge in [-0.1, -0.05) is 18.9 Å². The van der Waals surface area contributed by atoms with Crippen LogP contribution in [0.25, 0.3) is 0 Å². The predicted molar refractivity (Wildman–Crippen MR) is 128 cm³/mol. The van der Waals surface area contributed by atoms with Crippen LogP contribution in [0.5, 0.6) is 11.5 Å². The summed E-state index contributed by atoms with van der Waals surface area (Å²) in [5.74, 6) is 1.10. The van der Waals surface area contributed by atoms with Crippen molar-refractivity contribution in [1.82, 2.24) is 15.5 Å². The molecule has 1 aromatic rings. The van der Waals surface area contributed by atoms with Crippen LogP contribution in [-0.2, 0) is 6.42 Å². The van der Waals surface area contributed by atoms with Gasteiger partial charge in [0.2, 0.25) is 0 Å². The van der Waals surface area contributed by atoms with Gasteiger partial charge in [-0.05, 0) is 63.0 Å². The maximum atomic E-state index is 12.5. The molecule has 9 heteroatoms. The lowest BCUT2D eigenvalue weighted by Gasteiger charge is -2.20. The van der Waals surface area contributed by atoms with Crippen LogP contribution in [0.15, 0.2) is 23.2 Å². The van der Waals surface area contributed by atoms with E-state index in [4.69, 9.17) is 4.74 Å². The Labute approximate surface area is 195 Å². The number of alkyl halides is 2. The van der Waals surface area contributed by atoms with Gasteiger partial charge in [0.1, 0.15) is 0 Å². The van der Waals surface area contributed by atoms with Crippen LogP contribution < -0.4 is 20.1 Å². The molecule has 2 N–H and O–H groups in total. The number of rotatable bonds is 10. The number of methoxy groups -OCH3 is 1. The second kappa shape index (κ2) is 15.4. The molecule has 0 bridgehead atoms. The molecule has 2 rings (SSSR count). The number of ether oxygens (including phenoxy) is 2. The molecule has 1 heterocycles. The Morgan fingerprint density at radius 3 is 2.43 bits per heavy atom. The van der Waals surface area contributed by atoms with Gasteiger partial charge in [0, 0.05) is 20.1 Å². The van der Waals surface area contributed by atoms with Gasteiger partial charge in [-0.15, -0.1) is 24.0 Å². The number of hydrogen-bond donors (Lipinski definition) is 2. The fourth-order valence-electron chi connectivity index (χ4n) is 3.48. The highest BCUT2D eigenvalue weighted by atomic mass is 127. The van der Waals surface area contributed by atoms with Gasteiger partial charge in [0.15, 0.2) is 17.5 Å². The Kier molecular flexibility index (Phi) is 13.7. The van der Waals surface area contributed by atoms with Crippen molar-refractivity contribution in [2.75, 3.05) is 46.9 Å². The summed E-state index contributed by atoms with van der Waals surface area (Å²) in [6.07, 6.45) is 7.06. The predicted octanol–water partition coefficient (Wildman–Crippen LogP) is 3.89. The molecule has 172 valence electrons. The first-order valence-electron chi connectivity index (χ1n) is 10.4. The van der Waals surface area contributed by atoms with Crippen LogP contribution >= 0.6 is 24.0 Å². The highest BCUT2D eigenvalue weighted by Crippen LogP contribution is 2.29. The first-order chi connectivity index (χ1) is 14.1. The Balaban J connectivity index is 0.00000450. The van der Waals surface area contributed by atoms with Crippen LogP contribution in [0.3, 0.4) is 0 Å². The summed E-state index contributed by atoms with van der Waals surface area (Å²) < 4.78 is 34.7. The number of benzene rings is 1. The maximum absolute atomic E-state index is 12.5. The molecule has 1 aliphatic heterocycles. The minimum Gasteiger partial charge on any atom is -0.493 e. The lowest BCUT2D eigenvalue weighted by Crippen LogP contribution is -2.39. The van der Waals surface area contributed by atoms with Gasteiger partial charge in [0.05, 0.1) is 7.11 Å². The smallest absolute Gasteiger partial charge is 0.387 e. The Morgan fingerprint density at radius 1 is 1.10 bits per heavy atom. The third-order valence-corrected chi connectivity index (χ3v) is 5.02. The lowest BCUT2D eigenvalue weighted by atomic mass is 10.1. The Morgan fingerprint density at radius 2 is 1.80 bits per heavy atom. The van der Waals surface area contributed by atoms with Gasteiger partial charge >= 0.3 is 6.61 Å². The number of likely N-dealkylation sites (tertiary alicyclic amines) is 1. The van der Waals surface area contributed by atoms with E-state index in [0.29, 0.717) is 18.7 Å². The van der Waals surface area contributed by atoms with E-state index in [0.717, 1.165) is 31.0 Å². The molecule has 1 aromatic carbocycles. The molecule has 0 aliphatic carbocycles. The van der Waals surface area contributed by atoms with E-state index in [-0.39, 0.29) is 29.7 Å². The molecular weight excluding hydrogens is 505 g/mol. The highest BCUT2D eigenvalue weighted by Gasteiger charge is 2.11. The van der Waals surface area contributed by atoms with Crippen molar-refractivity contribution >= 4 is 29.9 Å². The van der Waals surface area contributed by atoms with Crippen LogP contribution in [-0.4, -0.2) is 64.4 Å². The third-order valence-electron chi connectivity index (χ3n) is 5.02.